The summed E-state index contributed by atoms with van der Waals surface area (Å²) >= 11 is 0. The van der Waals surface area contributed by atoms with Gasteiger partial charge in [0.05, 0.1) is 24.8 Å². The fourth-order valence-corrected chi connectivity index (χ4v) is 4.29. The van der Waals surface area contributed by atoms with Crippen LogP contribution in [-0.4, -0.2) is 29.3 Å². The molecule has 0 spiro atoms. The van der Waals surface area contributed by atoms with E-state index in [-0.39, 0.29) is 11.8 Å². The third kappa shape index (κ3) is 5.08. The predicted molar refractivity (Wildman–Crippen MR) is 117 cm³/mol. The second kappa shape index (κ2) is 10.4. The molecular formula is C25H31NO4. The van der Waals surface area contributed by atoms with Gasteiger partial charge in [0, 0.05) is 12.0 Å². The van der Waals surface area contributed by atoms with Crippen molar-refractivity contribution in [3.8, 4) is 11.5 Å². The Balaban J connectivity index is 1.52. The van der Waals surface area contributed by atoms with Crippen LogP contribution in [-0.2, 0) is 16.0 Å². The van der Waals surface area contributed by atoms with Crippen LogP contribution in [0.3, 0.4) is 0 Å². The number of nitrogens with zero attached hydrogens (tertiary/aromatic N) is 1. The molecule has 3 rings (SSSR count). The van der Waals surface area contributed by atoms with E-state index in [1.165, 1.54) is 11.1 Å². The standard InChI is InChI=1S/C25H31NO4/c1-4-20-18(11-12-22(20)21(5-2)25(27)28)13-15-29-16-14-23-17(3)30-24(26-23)19-9-7-6-8-10-19/h4,6-10,13,21-22H,5,11-12,14-16H2,1-3H3,(H,27,28)/b18-13-,20-4+. The minimum absolute atomic E-state index is 0.109. The zero-order chi connectivity index (χ0) is 21.5. The van der Waals surface area contributed by atoms with Gasteiger partial charge in [-0.3, -0.25) is 4.79 Å². The molecule has 0 amide bonds. The monoisotopic (exact) mass is 409 g/mol. The van der Waals surface area contributed by atoms with Crippen molar-refractivity contribution in [1.82, 2.24) is 4.98 Å². The Bertz CT molecular complexity index is 910. The molecule has 2 aromatic rings. The minimum Gasteiger partial charge on any atom is -0.481 e. The highest BCUT2D eigenvalue weighted by Gasteiger charge is 2.34. The van der Waals surface area contributed by atoms with E-state index >= 15 is 0 Å². The molecule has 2 atom stereocenters. The van der Waals surface area contributed by atoms with Gasteiger partial charge in [-0.2, -0.15) is 0 Å². The third-order valence-electron chi connectivity index (χ3n) is 5.89. The molecule has 5 heteroatoms. The zero-order valence-electron chi connectivity index (χ0n) is 18.1. The number of carbonyl (C=O) groups is 1. The lowest BCUT2D eigenvalue weighted by Crippen LogP contribution is -2.22. The number of carboxylic acids is 1. The molecule has 1 fully saturated rings. The molecule has 1 saturated carbocycles. The highest BCUT2D eigenvalue weighted by Crippen LogP contribution is 2.41. The summed E-state index contributed by atoms with van der Waals surface area (Å²) < 4.78 is 11.6. The van der Waals surface area contributed by atoms with Gasteiger partial charge in [0.2, 0.25) is 5.89 Å². The number of benzene rings is 1. The maximum absolute atomic E-state index is 11.6. The number of ether oxygens (including phenoxy) is 1. The third-order valence-corrected chi connectivity index (χ3v) is 5.89. The summed E-state index contributed by atoms with van der Waals surface area (Å²) in [4.78, 5) is 16.2. The fraction of sp³-hybridized carbons (Fsp3) is 0.440. The first-order valence-electron chi connectivity index (χ1n) is 10.7. The van der Waals surface area contributed by atoms with Crippen molar-refractivity contribution < 1.29 is 19.1 Å². The topological polar surface area (TPSA) is 72.6 Å². The SMILES string of the molecule is C/C=C1\C(=C/COCCc2nc(-c3ccccc3)oc2C)CCC1C(CC)C(=O)O. The van der Waals surface area contributed by atoms with Crippen molar-refractivity contribution in [2.24, 2.45) is 11.8 Å². The Labute approximate surface area is 178 Å². The molecule has 0 bridgehead atoms. The second-order valence-corrected chi connectivity index (χ2v) is 7.68. The fourth-order valence-electron chi connectivity index (χ4n) is 4.29. The normalized spacial score (nSPS) is 20.2. The number of oxazole rings is 1. The molecule has 0 aliphatic heterocycles. The molecule has 5 nitrogen and oxygen atoms in total. The van der Waals surface area contributed by atoms with Crippen LogP contribution < -0.4 is 0 Å². The molecule has 1 aromatic carbocycles. The number of hydrogen-bond acceptors (Lipinski definition) is 4. The van der Waals surface area contributed by atoms with Crippen molar-refractivity contribution >= 4 is 5.97 Å². The molecule has 2 unspecified atom stereocenters. The lowest BCUT2D eigenvalue weighted by Gasteiger charge is -2.19. The second-order valence-electron chi connectivity index (χ2n) is 7.68. The summed E-state index contributed by atoms with van der Waals surface area (Å²) in [6, 6.07) is 9.88. The molecular weight excluding hydrogens is 378 g/mol. The van der Waals surface area contributed by atoms with Gasteiger partial charge in [-0.05, 0) is 62.3 Å². The zero-order valence-corrected chi connectivity index (χ0v) is 18.1. The van der Waals surface area contributed by atoms with Crippen molar-refractivity contribution in [3.05, 3.63) is 65.1 Å². The lowest BCUT2D eigenvalue weighted by molar-refractivity contribution is -0.143. The summed E-state index contributed by atoms with van der Waals surface area (Å²) in [6.07, 6.45) is 7.34. The maximum Gasteiger partial charge on any atom is 0.307 e. The van der Waals surface area contributed by atoms with Crippen molar-refractivity contribution in [1.29, 1.82) is 0 Å². The van der Waals surface area contributed by atoms with Crippen molar-refractivity contribution in [2.75, 3.05) is 13.2 Å². The summed E-state index contributed by atoms with van der Waals surface area (Å²) in [5.41, 5.74) is 4.29. The first kappa shape index (κ1) is 22.0. The van der Waals surface area contributed by atoms with Gasteiger partial charge in [-0.15, -0.1) is 0 Å². The van der Waals surface area contributed by atoms with Crippen LogP contribution >= 0.6 is 0 Å². The van der Waals surface area contributed by atoms with Gasteiger partial charge in [-0.25, -0.2) is 4.98 Å². The number of hydrogen-bond donors (Lipinski definition) is 1. The highest BCUT2D eigenvalue weighted by atomic mass is 16.5. The Morgan fingerprint density at radius 1 is 1.37 bits per heavy atom. The minimum atomic E-state index is -0.697. The molecule has 30 heavy (non-hydrogen) atoms. The largest absolute Gasteiger partial charge is 0.481 e. The van der Waals surface area contributed by atoms with E-state index in [1.54, 1.807) is 0 Å². The molecule has 1 aliphatic rings. The Morgan fingerprint density at radius 3 is 2.80 bits per heavy atom. The number of aromatic nitrogens is 1. The van der Waals surface area contributed by atoms with E-state index in [4.69, 9.17) is 9.15 Å². The van der Waals surface area contributed by atoms with E-state index in [2.05, 4.69) is 17.1 Å². The van der Waals surface area contributed by atoms with Crippen LogP contribution in [0.15, 0.2) is 58.0 Å². The van der Waals surface area contributed by atoms with Gasteiger partial charge in [0.1, 0.15) is 5.76 Å². The van der Waals surface area contributed by atoms with Gasteiger partial charge in [-0.1, -0.05) is 37.3 Å². The first-order chi connectivity index (χ1) is 14.5. The van der Waals surface area contributed by atoms with E-state index in [9.17, 15) is 9.90 Å². The molecule has 1 aromatic heterocycles. The predicted octanol–water partition coefficient (Wildman–Crippen LogP) is 5.60. The average Bonchev–Trinajstić information content (AvgIpc) is 3.32. The number of aryl methyl sites for hydroxylation is 1. The highest BCUT2D eigenvalue weighted by molar-refractivity contribution is 5.71. The van der Waals surface area contributed by atoms with E-state index in [0.29, 0.717) is 31.9 Å². The van der Waals surface area contributed by atoms with Gasteiger partial charge in [0.25, 0.3) is 0 Å². The summed E-state index contributed by atoms with van der Waals surface area (Å²) in [5.74, 6) is 0.570. The Kier molecular flexibility index (Phi) is 7.63. The molecule has 160 valence electrons. The summed E-state index contributed by atoms with van der Waals surface area (Å²) in [6.45, 7) is 6.96. The number of carboxylic acid groups (broad SMARTS) is 1. The average molecular weight is 410 g/mol. The van der Waals surface area contributed by atoms with Gasteiger partial charge < -0.3 is 14.3 Å². The van der Waals surface area contributed by atoms with Crippen molar-refractivity contribution in [2.45, 2.75) is 46.5 Å². The molecule has 1 N–H and O–H groups in total. The van der Waals surface area contributed by atoms with Crippen LogP contribution in [0.1, 0.15) is 44.6 Å². The maximum atomic E-state index is 11.6. The van der Waals surface area contributed by atoms with Gasteiger partial charge >= 0.3 is 5.97 Å². The van der Waals surface area contributed by atoms with Crippen LogP contribution in [0.2, 0.25) is 0 Å². The molecule has 0 saturated heterocycles. The summed E-state index contributed by atoms with van der Waals surface area (Å²) in [5, 5.41) is 9.50. The number of allylic oxidation sites excluding steroid dienone is 3. The molecule has 1 heterocycles. The number of aliphatic carboxylic acids is 1. The lowest BCUT2D eigenvalue weighted by atomic mass is 9.85. The van der Waals surface area contributed by atoms with Crippen LogP contribution in [0.4, 0.5) is 0 Å². The first-order valence-corrected chi connectivity index (χ1v) is 10.7. The van der Waals surface area contributed by atoms with Crippen LogP contribution in [0, 0.1) is 18.8 Å². The molecule has 0 radical (unpaired) electrons. The quantitative estimate of drug-likeness (QED) is 0.546. The van der Waals surface area contributed by atoms with Crippen LogP contribution in [0.5, 0.6) is 0 Å². The summed E-state index contributed by atoms with van der Waals surface area (Å²) in [7, 11) is 0. The molecule has 1 aliphatic carbocycles. The van der Waals surface area contributed by atoms with Gasteiger partial charge in [0.15, 0.2) is 0 Å². The number of rotatable bonds is 9. The Morgan fingerprint density at radius 2 is 2.13 bits per heavy atom. The van der Waals surface area contributed by atoms with Crippen LogP contribution in [0.25, 0.3) is 11.5 Å². The van der Waals surface area contributed by atoms with E-state index < -0.39 is 5.97 Å². The van der Waals surface area contributed by atoms with E-state index in [1.807, 2.05) is 51.1 Å². The van der Waals surface area contributed by atoms with Crippen molar-refractivity contribution in [3.63, 3.8) is 0 Å². The van der Waals surface area contributed by atoms with E-state index in [0.717, 1.165) is 29.9 Å². The smallest absolute Gasteiger partial charge is 0.307 e. The Hall–Kier alpha value is -2.66.